The Kier molecular flexibility index (Phi) is 7.72. The molecule has 3 saturated heterocycles. The Bertz CT molecular complexity index is 1600. The van der Waals surface area contributed by atoms with E-state index in [0.717, 1.165) is 61.8 Å². The summed E-state index contributed by atoms with van der Waals surface area (Å²) in [6, 6.07) is 16.6. The highest BCUT2D eigenvalue weighted by molar-refractivity contribution is 6.05. The molecule has 44 heavy (non-hydrogen) atoms. The first-order valence-corrected chi connectivity index (χ1v) is 15.8. The van der Waals surface area contributed by atoms with Crippen molar-refractivity contribution in [1.82, 2.24) is 25.0 Å². The molecule has 3 amide bonds. The van der Waals surface area contributed by atoms with Gasteiger partial charge in [-0.1, -0.05) is 6.07 Å². The van der Waals surface area contributed by atoms with Crippen molar-refractivity contribution >= 4 is 34.4 Å². The first-order chi connectivity index (χ1) is 21.3. The van der Waals surface area contributed by atoms with Crippen LogP contribution < -0.4 is 15.0 Å². The Morgan fingerprint density at radius 2 is 1.80 bits per heavy atom. The van der Waals surface area contributed by atoms with Gasteiger partial charge in [0.15, 0.2) is 0 Å². The van der Waals surface area contributed by atoms with Crippen molar-refractivity contribution < 1.29 is 19.1 Å². The van der Waals surface area contributed by atoms with Gasteiger partial charge in [0, 0.05) is 62.7 Å². The van der Waals surface area contributed by atoms with Crippen molar-refractivity contribution in [3.8, 4) is 5.75 Å². The average Bonchev–Trinajstić information content (AvgIpc) is 3.59. The van der Waals surface area contributed by atoms with Crippen LogP contribution in [0, 0.1) is 0 Å². The van der Waals surface area contributed by atoms with E-state index in [9.17, 15) is 14.4 Å². The Labute approximate surface area is 257 Å². The number of imide groups is 1. The molecule has 0 spiro atoms. The fraction of sp³-hybridized carbons (Fsp3) is 0.471. The molecule has 0 bridgehead atoms. The molecule has 5 heterocycles. The fourth-order valence-corrected chi connectivity index (χ4v) is 7.16. The molecule has 1 N–H and O–H groups in total. The molecule has 1 unspecified atom stereocenters. The minimum Gasteiger partial charge on any atom is -0.489 e. The van der Waals surface area contributed by atoms with Crippen molar-refractivity contribution in [3.63, 3.8) is 0 Å². The van der Waals surface area contributed by atoms with Crippen LogP contribution in [0.15, 0.2) is 48.5 Å². The van der Waals surface area contributed by atoms with E-state index >= 15 is 0 Å². The second-order valence-electron chi connectivity index (χ2n) is 12.9. The third kappa shape index (κ3) is 5.76. The number of carbonyl (C=O) groups excluding carboxylic acids is 3. The molecule has 3 fully saturated rings. The smallest absolute Gasteiger partial charge is 0.255 e. The number of piperidine rings is 2. The molecule has 4 aliphatic rings. The summed E-state index contributed by atoms with van der Waals surface area (Å²) < 4.78 is 6.37. The molecule has 10 heteroatoms. The van der Waals surface area contributed by atoms with Gasteiger partial charge in [0.2, 0.25) is 11.8 Å². The Morgan fingerprint density at radius 1 is 0.955 bits per heavy atom. The van der Waals surface area contributed by atoms with Gasteiger partial charge >= 0.3 is 0 Å². The molecule has 0 aliphatic carbocycles. The number of likely N-dealkylation sites (tertiary alicyclic amines) is 1. The standard InChI is InChI=1S/C34H40N6O4/c1-37(2)25-11-15-39(16-12-25)31-9-4-23-17-22(3-7-29(23)35-31)19-38-14-13-27(21-38)44-26-5-6-28-24(18-26)20-40(34(28)43)30-8-10-32(41)36-33(30)42/h3-7,9,17-18,25,27,30H,8,10-16,19-21H2,1-2H3,(H,36,41,42)/t27-,30?/m0/s1. The highest BCUT2D eigenvalue weighted by atomic mass is 16.5. The van der Waals surface area contributed by atoms with Gasteiger partial charge in [-0.05, 0) is 93.4 Å². The number of hydrogen-bond donors (Lipinski definition) is 1. The maximum Gasteiger partial charge on any atom is 0.255 e. The van der Waals surface area contributed by atoms with Gasteiger partial charge in [-0.15, -0.1) is 0 Å². The molecule has 7 rings (SSSR count). The van der Waals surface area contributed by atoms with Gasteiger partial charge in [-0.3, -0.25) is 24.6 Å². The molecule has 0 radical (unpaired) electrons. The van der Waals surface area contributed by atoms with E-state index in [1.807, 2.05) is 12.1 Å². The number of pyridine rings is 1. The maximum absolute atomic E-state index is 13.0. The monoisotopic (exact) mass is 596 g/mol. The lowest BCUT2D eigenvalue weighted by Crippen LogP contribution is -2.52. The second kappa shape index (κ2) is 11.8. The molecule has 4 aliphatic heterocycles. The number of hydrogen-bond acceptors (Lipinski definition) is 8. The number of amides is 3. The number of carbonyl (C=O) groups is 3. The van der Waals surface area contributed by atoms with Crippen molar-refractivity contribution in [3.05, 3.63) is 65.2 Å². The Morgan fingerprint density at radius 3 is 2.59 bits per heavy atom. The highest BCUT2D eigenvalue weighted by Crippen LogP contribution is 2.31. The predicted octanol–water partition coefficient (Wildman–Crippen LogP) is 3.18. The number of aromatic nitrogens is 1. The summed E-state index contributed by atoms with van der Waals surface area (Å²) >= 11 is 0. The van der Waals surface area contributed by atoms with Crippen LogP contribution in [0.5, 0.6) is 5.75 Å². The van der Waals surface area contributed by atoms with Crippen molar-refractivity contribution in [1.29, 1.82) is 0 Å². The number of anilines is 1. The van der Waals surface area contributed by atoms with Gasteiger partial charge in [-0.2, -0.15) is 0 Å². The third-order valence-electron chi connectivity index (χ3n) is 9.69. The van der Waals surface area contributed by atoms with Gasteiger partial charge in [-0.25, -0.2) is 4.98 Å². The summed E-state index contributed by atoms with van der Waals surface area (Å²) in [7, 11) is 4.34. The number of fused-ring (bicyclic) bond motifs is 2. The van der Waals surface area contributed by atoms with Gasteiger partial charge in [0.1, 0.15) is 23.7 Å². The van der Waals surface area contributed by atoms with E-state index in [4.69, 9.17) is 9.72 Å². The minimum absolute atomic E-state index is 0.0673. The fourth-order valence-electron chi connectivity index (χ4n) is 7.16. The average molecular weight is 597 g/mol. The van der Waals surface area contributed by atoms with Crippen LogP contribution in [0.2, 0.25) is 0 Å². The summed E-state index contributed by atoms with van der Waals surface area (Å²) in [4.78, 5) is 50.6. The molecule has 2 atom stereocenters. The van der Waals surface area contributed by atoms with Crippen LogP contribution in [-0.2, 0) is 22.7 Å². The quantitative estimate of drug-likeness (QED) is 0.416. The van der Waals surface area contributed by atoms with E-state index < -0.39 is 11.9 Å². The zero-order chi connectivity index (χ0) is 30.4. The molecule has 2 aromatic carbocycles. The molecule has 1 aromatic heterocycles. The maximum atomic E-state index is 13.0. The van der Waals surface area contributed by atoms with Crippen LogP contribution in [0.25, 0.3) is 10.9 Å². The van der Waals surface area contributed by atoms with E-state index in [2.05, 4.69) is 64.4 Å². The van der Waals surface area contributed by atoms with Crippen LogP contribution in [0.1, 0.15) is 53.6 Å². The zero-order valence-corrected chi connectivity index (χ0v) is 25.5. The van der Waals surface area contributed by atoms with E-state index in [1.54, 1.807) is 11.0 Å². The molecular formula is C34H40N6O4. The Balaban J connectivity index is 0.940. The lowest BCUT2D eigenvalue weighted by Gasteiger charge is -2.35. The summed E-state index contributed by atoms with van der Waals surface area (Å²) in [5.41, 5.74) is 3.76. The highest BCUT2D eigenvalue weighted by Gasteiger charge is 2.39. The predicted molar refractivity (Wildman–Crippen MR) is 167 cm³/mol. The normalized spacial score (nSPS) is 23.1. The molecule has 10 nitrogen and oxygen atoms in total. The van der Waals surface area contributed by atoms with Crippen LogP contribution in [0.4, 0.5) is 5.82 Å². The SMILES string of the molecule is CN(C)C1CCN(c2ccc3cc(CN4CC[C@H](Oc5ccc6c(c5)CN(C5CCC(=O)NC5=O)C6=O)C4)ccc3n2)CC1. The van der Waals surface area contributed by atoms with E-state index in [0.29, 0.717) is 24.6 Å². The molecule has 0 saturated carbocycles. The van der Waals surface area contributed by atoms with E-state index in [1.165, 1.54) is 23.8 Å². The first-order valence-electron chi connectivity index (χ1n) is 15.8. The first kappa shape index (κ1) is 28.7. The topological polar surface area (TPSA) is 98.3 Å². The summed E-state index contributed by atoms with van der Waals surface area (Å²) in [6.07, 6.45) is 3.94. The number of benzene rings is 2. The molecule has 3 aromatic rings. The second-order valence-corrected chi connectivity index (χ2v) is 12.9. The van der Waals surface area contributed by atoms with E-state index in [-0.39, 0.29) is 24.3 Å². The van der Waals surface area contributed by atoms with Crippen LogP contribution >= 0.6 is 0 Å². The lowest BCUT2D eigenvalue weighted by atomic mass is 10.0. The zero-order valence-electron chi connectivity index (χ0n) is 25.5. The number of ether oxygens (including phenoxy) is 1. The van der Waals surface area contributed by atoms with Gasteiger partial charge in [0.05, 0.1) is 5.52 Å². The third-order valence-corrected chi connectivity index (χ3v) is 9.69. The Hall–Kier alpha value is -4.02. The van der Waals surface area contributed by atoms with Crippen molar-refractivity contribution in [2.45, 2.75) is 63.4 Å². The van der Waals surface area contributed by atoms with Crippen LogP contribution in [0.3, 0.4) is 0 Å². The lowest BCUT2D eigenvalue weighted by molar-refractivity contribution is -0.136. The number of rotatable bonds is 7. The summed E-state index contributed by atoms with van der Waals surface area (Å²) in [5.74, 6) is 0.969. The summed E-state index contributed by atoms with van der Waals surface area (Å²) in [5, 5.41) is 3.52. The van der Waals surface area contributed by atoms with Crippen molar-refractivity contribution in [2.24, 2.45) is 0 Å². The number of nitrogens with zero attached hydrogens (tertiary/aromatic N) is 5. The largest absolute Gasteiger partial charge is 0.489 e. The molecule has 230 valence electrons. The number of nitrogens with one attached hydrogen (secondary N) is 1. The van der Waals surface area contributed by atoms with Crippen LogP contribution in [-0.4, -0.2) is 95.9 Å². The summed E-state index contributed by atoms with van der Waals surface area (Å²) in [6.45, 7) is 5.08. The minimum atomic E-state index is -0.612. The van der Waals surface area contributed by atoms with Gasteiger partial charge < -0.3 is 19.4 Å². The van der Waals surface area contributed by atoms with Crippen molar-refractivity contribution in [2.75, 3.05) is 45.2 Å². The van der Waals surface area contributed by atoms with Gasteiger partial charge in [0.25, 0.3) is 5.91 Å². The molecular weight excluding hydrogens is 556 g/mol.